The zero-order chi connectivity index (χ0) is 19.3. The molecule has 0 bridgehead atoms. The molecule has 2 rings (SSSR count). The van der Waals surface area contributed by atoms with E-state index in [-0.39, 0.29) is 19.1 Å². The number of benzene rings is 1. The number of hydrazone groups is 1. The minimum Gasteiger partial charge on any atom is -0.487 e. The number of hydrogen-bond acceptors (Lipinski definition) is 4. The molecule has 0 saturated carbocycles. The van der Waals surface area contributed by atoms with Gasteiger partial charge in [0.05, 0.1) is 5.71 Å². The summed E-state index contributed by atoms with van der Waals surface area (Å²) < 4.78 is 20.9. The summed E-state index contributed by atoms with van der Waals surface area (Å²) >= 11 is 0. The Morgan fingerprint density at radius 2 is 2.08 bits per heavy atom. The molecule has 0 aliphatic carbocycles. The van der Waals surface area contributed by atoms with Gasteiger partial charge in [-0.3, -0.25) is 0 Å². The van der Waals surface area contributed by atoms with Gasteiger partial charge in [0.25, 0.3) is 6.71 Å². The number of rotatable bonds is 6. The Bertz CT molecular complexity index is 746. The van der Waals surface area contributed by atoms with Crippen molar-refractivity contribution in [3.05, 3.63) is 41.2 Å². The summed E-state index contributed by atoms with van der Waals surface area (Å²) in [4.78, 5) is 0. The van der Waals surface area contributed by atoms with Crippen LogP contribution in [0.5, 0.6) is 5.75 Å². The summed E-state index contributed by atoms with van der Waals surface area (Å²) in [6.45, 7) is 10.2. The van der Waals surface area contributed by atoms with Crippen LogP contribution in [0.1, 0.15) is 44.7 Å². The van der Waals surface area contributed by atoms with Crippen LogP contribution in [-0.2, 0) is 11.8 Å². The monoisotopic (exact) mass is 355 g/mol. The zero-order valence-corrected chi connectivity index (χ0v) is 15.9. The van der Waals surface area contributed by atoms with Crippen molar-refractivity contribution in [3.63, 3.8) is 0 Å². The molecule has 2 N–H and O–H groups in total. The molecule has 0 unspecified atom stereocenters. The van der Waals surface area contributed by atoms with E-state index in [0.717, 1.165) is 42.2 Å². The second-order valence-electron chi connectivity index (χ2n) is 7.21. The van der Waals surface area contributed by atoms with E-state index in [4.69, 9.17) is 10.6 Å². The number of nitrogens with zero attached hydrogens (tertiary/aromatic N) is 2. The highest BCUT2D eigenvalue weighted by Crippen LogP contribution is 2.47. The van der Waals surface area contributed by atoms with Crippen molar-refractivity contribution in [1.29, 1.82) is 5.26 Å². The molecule has 0 amide bonds. The molecule has 1 saturated heterocycles. The van der Waals surface area contributed by atoms with Gasteiger partial charge in [0.1, 0.15) is 18.2 Å². The summed E-state index contributed by atoms with van der Waals surface area (Å²) in [5, 5.41) is 12.8. The van der Waals surface area contributed by atoms with E-state index in [2.05, 4.69) is 17.6 Å². The third-order valence-electron chi connectivity index (χ3n) is 5.51. The molecule has 1 aliphatic rings. The average molecular weight is 355 g/mol. The number of hydrogen-bond donors (Lipinski definition) is 1. The van der Waals surface area contributed by atoms with Crippen molar-refractivity contribution in [2.45, 2.75) is 58.1 Å². The molecule has 0 spiro atoms. The van der Waals surface area contributed by atoms with Gasteiger partial charge in [0, 0.05) is 23.0 Å². The lowest BCUT2D eigenvalue weighted by Crippen LogP contribution is -2.36. The van der Waals surface area contributed by atoms with Gasteiger partial charge < -0.3 is 10.6 Å². The third-order valence-corrected chi connectivity index (χ3v) is 5.51. The fraction of sp³-hybridized carbons (Fsp3) is 0.500. The van der Waals surface area contributed by atoms with Crippen LogP contribution in [0, 0.1) is 17.0 Å². The quantitative estimate of drug-likeness (QED) is 0.272. The van der Waals surface area contributed by atoms with Crippen LogP contribution in [0.25, 0.3) is 0 Å². The molecular weight excluding hydrogens is 328 g/mol. The maximum atomic E-state index is 15.2. The highest BCUT2D eigenvalue weighted by Gasteiger charge is 2.42. The van der Waals surface area contributed by atoms with Gasteiger partial charge in [-0.05, 0) is 44.7 Å². The van der Waals surface area contributed by atoms with Crippen molar-refractivity contribution in [3.8, 4) is 11.7 Å². The van der Waals surface area contributed by atoms with Crippen molar-refractivity contribution in [1.82, 2.24) is 0 Å². The first-order valence-corrected chi connectivity index (χ1v) is 9.12. The van der Waals surface area contributed by atoms with Gasteiger partial charge in [0.15, 0.2) is 0 Å². The molecule has 0 radical (unpaired) electrons. The van der Waals surface area contributed by atoms with Crippen LogP contribution in [-0.4, -0.2) is 19.0 Å². The van der Waals surface area contributed by atoms with E-state index >= 15 is 4.39 Å². The molecule has 1 heterocycles. The highest BCUT2D eigenvalue weighted by atomic mass is 19.1. The van der Waals surface area contributed by atoms with Crippen molar-refractivity contribution >= 4 is 12.4 Å². The number of nitriles is 1. The maximum Gasteiger partial charge on any atom is 0.267 e. The molecule has 0 aromatic heterocycles. The van der Waals surface area contributed by atoms with Crippen molar-refractivity contribution < 1.29 is 9.13 Å². The van der Waals surface area contributed by atoms with Gasteiger partial charge in [-0.1, -0.05) is 31.7 Å². The summed E-state index contributed by atoms with van der Waals surface area (Å²) in [7, 11) is 0. The Morgan fingerprint density at radius 1 is 1.42 bits per heavy atom. The summed E-state index contributed by atoms with van der Waals surface area (Å²) in [5.41, 5.74) is 2.85. The molecule has 138 valence electrons. The Kier molecular flexibility index (Phi) is 6.47. The van der Waals surface area contributed by atoms with Crippen LogP contribution >= 0.6 is 0 Å². The van der Waals surface area contributed by atoms with E-state index in [1.54, 1.807) is 6.92 Å². The standard InChI is InChI=1S/C20H27BFN3O/c1-5-16-10-17(26-12-15(4)25-24)11-18(22)19(16)20(14(2)3)6-8-21(13-23)9-7-20/h10-11H,2,5-9,12,24H2,1,3-4H3/b25-15+. The predicted molar refractivity (Wildman–Crippen MR) is 105 cm³/mol. The summed E-state index contributed by atoms with van der Waals surface area (Å²) in [5.74, 6) is 7.79. The van der Waals surface area contributed by atoms with Gasteiger partial charge in [-0.15, -0.1) is 0 Å². The fourth-order valence-electron chi connectivity index (χ4n) is 3.89. The minimum absolute atomic E-state index is 0.0525. The SMILES string of the molecule is C=C(C)C1(c2c(F)cc(OC/C(C)=N/N)cc2CC)CCB(C#N)CC1. The molecular formula is C20H27BFN3O. The van der Waals surface area contributed by atoms with Gasteiger partial charge in [-0.2, -0.15) is 5.10 Å². The van der Waals surface area contributed by atoms with E-state index in [0.29, 0.717) is 17.9 Å². The normalized spacial score (nSPS) is 16.9. The van der Waals surface area contributed by atoms with Crippen LogP contribution in [0.2, 0.25) is 12.6 Å². The third kappa shape index (κ3) is 3.93. The van der Waals surface area contributed by atoms with Crippen molar-refractivity contribution in [2.24, 2.45) is 10.9 Å². The van der Waals surface area contributed by atoms with E-state index in [1.807, 2.05) is 19.9 Å². The summed E-state index contributed by atoms with van der Waals surface area (Å²) in [6, 6.07) is 3.35. The number of halogens is 1. The molecule has 4 nitrogen and oxygen atoms in total. The maximum absolute atomic E-state index is 15.2. The molecule has 1 aromatic rings. The van der Waals surface area contributed by atoms with E-state index < -0.39 is 5.41 Å². The Labute approximate surface area is 156 Å². The van der Waals surface area contributed by atoms with E-state index in [9.17, 15) is 5.26 Å². The topological polar surface area (TPSA) is 71.4 Å². The second kappa shape index (κ2) is 8.40. The molecule has 26 heavy (non-hydrogen) atoms. The molecule has 1 aliphatic heterocycles. The van der Waals surface area contributed by atoms with Gasteiger partial charge >= 0.3 is 0 Å². The van der Waals surface area contributed by atoms with Crippen molar-refractivity contribution in [2.75, 3.05) is 6.61 Å². The van der Waals surface area contributed by atoms with Crippen LogP contribution in [0.3, 0.4) is 0 Å². The number of allylic oxidation sites excluding steroid dienone is 1. The molecule has 0 atom stereocenters. The lowest BCUT2D eigenvalue weighted by molar-refractivity contribution is 0.368. The lowest BCUT2D eigenvalue weighted by Gasteiger charge is -2.41. The van der Waals surface area contributed by atoms with Crippen LogP contribution in [0.4, 0.5) is 4.39 Å². The first-order chi connectivity index (χ1) is 12.4. The Balaban J connectivity index is 2.43. The number of aryl methyl sites for hydroxylation is 1. The summed E-state index contributed by atoms with van der Waals surface area (Å²) in [6.07, 6.45) is 3.75. The molecule has 1 aromatic carbocycles. The smallest absolute Gasteiger partial charge is 0.267 e. The molecule has 1 fully saturated rings. The first-order valence-electron chi connectivity index (χ1n) is 9.12. The van der Waals surface area contributed by atoms with Crippen LogP contribution < -0.4 is 10.6 Å². The van der Waals surface area contributed by atoms with Gasteiger partial charge in [-0.25, -0.2) is 9.65 Å². The zero-order valence-electron chi connectivity index (χ0n) is 15.9. The first kappa shape index (κ1) is 20.0. The lowest BCUT2D eigenvalue weighted by atomic mass is 9.38. The average Bonchev–Trinajstić information content (AvgIpc) is 2.65. The predicted octanol–water partition coefficient (Wildman–Crippen LogP) is 4.27. The second-order valence-corrected chi connectivity index (χ2v) is 7.21. The largest absolute Gasteiger partial charge is 0.487 e. The minimum atomic E-state index is -0.407. The highest BCUT2D eigenvalue weighted by molar-refractivity contribution is 6.67. The number of ether oxygens (including phenoxy) is 1. The fourth-order valence-corrected chi connectivity index (χ4v) is 3.89. The molecule has 6 heteroatoms. The Hall–Kier alpha value is -2.29. The van der Waals surface area contributed by atoms with Gasteiger partial charge in [0.2, 0.25) is 0 Å². The number of nitrogens with two attached hydrogens (primary N) is 1. The Morgan fingerprint density at radius 3 is 2.58 bits per heavy atom. The van der Waals surface area contributed by atoms with E-state index in [1.165, 1.54) is 6.07 Å². The van der Waals surface area contributed by atoms with Crippen LogP contribution in [0.15, 0.2) is 29.4 Å².